The molecule has 2 heterocycles. The molecule has 1 saturated heterocycles. The van der Waals surface area contributed by atoms with E-state index in [1.54, 1.807) is 23.2 Å². The van der Waals surface area contributed by atoms with Crippen LogP contribution in [0.4, 0.5) is 5.13 Å². The maximum atomic E-state index is 11.6. The second kappa shape index (κ2) is 8.82. The summed E-state index contributed by atoms with van der Waals surface area (Å²) in [7, 11) is 0. The molecule has 1 aliphatic heterocycles. The zero-order chi connectivity index (χ0) is 15.4. The maximum Gasteiger partial charge on any atom is 0.225 e. The van der Waals surface area contributed by atoms with Crippen LogP contribution in [-0.4, -0.2) is 41.5 Å². The van der Waals surface area contributed by atoms with Crippen LogP contribution in [0.25, 0.3) is 0 Å². The van der Waals surface area contributed by atoms with E-state index in [1.807, 2.05) is 6.92 Å². The molecule has 0 spiro atoms. The van der Waals surface area contributed by atoms with Gasteiger partial charge in [-0.2, -0.15) is 0 Å². The molecule has 5 nitrogen and oxygen atoms in total. The number of anilines is 1. The number of carbonyl (C=O) groups excluding carboxylic acids is 1. The summed E-state index contributed by atoms with van der Waals surface area (Å²) < 4.78 is 0. The lowest BCUT2D eigenvalue weighted by atomic mass is 9.91. The fraction of sp³-hybridized carbons (Fsp3) is 0.733. The number of rotatable bonds is 5. The molecule has 1 aliphatic rings. The van der Waals surface area contributed by atoms with Crippen molar-refractivity contribution in [3.63, 3.8) is 0 Å². The summed E-state index contributed by atoms with van der Waals surface area (Å²) >= 11 is 1.54. The number of aromatic nitrogens is 1. The largest absolute Gasteiger partial charge is 0.329 e. The van der Waals surface area contributed by atoms with Crippen LogP contribution in [0, 0.1) is 5.92 Å². The molecule has 0 radical (unpaired) electrons. The average Bonchev–Trinajstić information content (AvgIpc) is 2.88. The number of likely N-dealkylation sites (tertiary alicyclic amines) is 1. The topological polar surface area (TPSA) is 62.5 Å². The van der Waals surface area contributed by atoms with Crippen molar-refractivity contribution < 1.29 is 4.79 Å². The predicted octanol–water partition coefficient (Wildman–Crippen LogP) is 2.50. The number of amides is 1. The number of nitrogens with two attached hydrogens (primary N) is 1. The van der Waals surface area contributed by atoms with E-state index in [1.165, 1.54) is 12.8 Å². The Morgan fingerprint density at radius 3 is 2.91 bits per heavy atom. The molecule has 2 N–H and O–H groups in total. The summed E-state index contributed by atoms with van der Waals surface area (Å²) in [5.74, 6) is 0.691. The van der Waals surface area contributed by atoms with Gasteiger partial charge in [0.05, 0.1) is 5.69 Å². The monoisotopic (exact) mass is 346 g/mol. The van der Waals surface area contributed by atoms with Crippen molar-refractivity contribution in [3.05, 3.63) is 11.1 Å². The molecule has 0 aromatic carbocycles. The molecule has 0 bridgehead atoms. The molecule has 2 unspecified atom stereocenters. The highest BCUT2D eigenvalue weighted by molar-refractivity contribution is 7.14. The van der Waals surface area contributed by atoms with Gasteiger partial charge in [-0.1, -0.05) is 6.92 Å². The van der Waals surface area contributed by atoms with Crippen molar-refractivity contribution >= 4 is 34.8 Å². The molecular formula is C15H27ClN4OS. The zero-order valence-electron chi connectivity index (χ0n) is 13.6. The Hall–Kier alpha value is -0.690. The van der Waals surface area contributed by atoms with Crippen molar-refractivity contribution in [1.82, 2.24) is 9.88 Å². The molecule has 1 aromatic rings. The lowest BCUT2D eigenvalue weighted by Gasteiger charge is -2.39. The van der Waals surface area contributed by atoms with Crippen LogP contribution < -0.4 is 10.6 Å². The number of hydrogen-bond acceptors (Lipinski definition) is 5. The van der Waals surface area contributed by atoms with E-state index in [9.17, 15) is 4.79 Å². The maximum absolute atomic E-state index is 11.6. The van der Waals surface area contributed by atoms with Crippen LogP contribution >= 0.6 is 23.7 Å². The molecule has 2 atom stereocenters. The number of halogens is 1. The van der Waals surface area contributed by atoms with Gasteiger partial charge in [0.1, 0.15) is 0 Å². The van der Waals surface area contributed by atoms with E-state index < -0.39 is 0 Å². The Labute approximate surface area is 143 Å². The summed E-state index contributed by atoms with van der Waals surface area (Å²) in [4.78, 5) is 20.4. The minimum Gasteiger partial charge on any atom is -0.329 e. The Morgan fingerprint density at radius 1 is 1.59 bits per heavy atom. The van der Waals surface area contributed by atoms with E-state index in [4.69, 9.17) is 5.73 Å². The Balaban J connectivity index is 0.00000242. The number of piperidine rings is 1. The van der Waals surface area contributed by atoms with Gasteiger partial charge in [-0.25, -0.2) is 4.98 Å². The third kappa shape index (κ3) is 4.41. The Bertz CT molecular complexity index is 482. The van der Waals surface area contributed by atoms with Gasteiger partial charge in [-0.3, -0.25) is 14.6 Å². The van der Waals surface area contributed by atoms with Crippen LogP contribution in [0.2, 0.25) is 0 Å². The number of hydrogen-bond donors (Lipinski definition) is 1. The van der Waals surface area contributed by atoms with Crippen molar-refractivity contribution in [2.45, 2.75) is 46.2 Å². The van der Waals surface area contributed by atoms with Gasteiger partial charge in [0.25, 0.3) is 0 Å². The first kappa shape index (κ1) is 19.4. The van der Waals surface area contributed by atoms with Crippen LogP contribution in [0.15, 0.2) is 5.38 Å². The molecule has 0 saturated carbocycles. The standard InChI is InChI=1S/C15H26N4OS.ClH/c1-4-19(12(3)20)15-17-13(10-21-15)9-18-7-5-6-11(2)14(18)8-16;/h10-11,14H,4-9,16H2,1-3H3;1H. The second-order valence-corrected chi connectivity index (χ2v) is 6.61. The summed E-state index contributed by atoms with van der Waals surface area (Å²) in [6.45, 7) is 9.12. The van der Waals surface area contributed by atoms with Crippen LogP contribution in [0.1, 0.15) is 39.3 Å². The molecule has 7 heteroatoms. The fourth-order valence-electron chi connectivity index (χ4n) is 3.11. The third-order valence-electron chi connectivity index (χ3n) is 4.30. The van der Waals surface area contributed by atoms with Gasteiger partial charge in [-0.05, 0) is 32.2 Å². The second-order valence-electron chi connectivity index (χ2n) is 5.78. The smallest absolute Gasteiger partial charge is 0.225 e. The molecule has 1 amide bonds. The summed E-state index contributed by atoms with van der Waals surface area (Å²) in [5, 5.41) is 2.86. The minimum absolute atomic E-state index is 0. The minimum atomic E-state index is 0. The van der Waals surface area contributed by atoms with Crippen LogP contribution in [0.5, 0.6) is 0 Å². The lowest BCUT2D eigenvalue weighted by molar-refractivity contribution is -0.116. The van der Waals surface area contributed by atoms with Crippen molar-refractivity contribution in [2.75, 3.05) is 24.5 Å². The molecule has 22 heavy (non-hydrogen) atoms. The van der Waals surface area contributed by atoms with E-state index >= 15 is 0 Å². The first-order valence-electron chi connectivity index (χ1n) is 7.73. The molecular weight excluding hydrogens is 320 g/mol. The van der Waals surface area contributed by atoms with Gasteiger partial charge < -0.3 is 5.73 Å². The number of nitrogens with zero attached hydrogens (tertiary/aromatic N) is 3. The van der Waals surface area contributed by atoms with Crippen molar-refractivity contribution in [3.8, 4) is 0 Å². The highest BCUT2D eigenvalue weighted by Gasteiger charge is 2.28. The van der Waals surface area contributed by atoms with Gasteiger partial charge >= 0.3 is 0 Å². The third-order valence-corrected chi connectivity index (χ3v) is 5.22. The summed E-state index contributed by atoms with van der Waals surface area (Å²) in [5.41, 5.74) is 6.98. The van der Waals surface area contributed by atoms with E-state index in [0.717, 1.165) is 23.9 Å². The van der Waals surface area contributed by atoms with Crippen molar-refractivity contribution in [2.24, 2.45) is 11.7 Å². The first-order valence-corrected chi connectivity index (χ1v) is 8.61. The van der Waals surface area contributed by atoms with Gasteiger partial charge in [0, 0.05) is 38.0 Å². The lowest BCUT2D eigenvalue weighted by Crippen LogP contribution is -2.48. The Kier molecular flexibility index (Phi) is 7.76. The highest BCUT2D eigenvalue weighted by Crippen LogP contribution is 2.26. The first-order chi connectivity index (χ1) is 10.1. The molecule has 126 valence electrons. The fourth-order valence-corrected chi connectivity index (χ4v) is 4.03. The van der Waals surface area contributed by atoms with E-state index in [-0.39, 0.29) is 18.3 Å². The van der Waals surface area contributed by atoms with Gasteiger partial charge in [0.2, 0.25) is 5.91 Å². The molecule has 2 rings (SSSR count). The number of carbonyl (C=O) groups is 1. The van der Waals surface area contributed by atoms with Crippen molar-refractivity contribution in [1.29, 1.82) is 0 Å². The normalized spacial score (nSPS) is 22.2. The zero-order valence-corrected chi connectivity index (χ0v) is 15.3. The molecule has 0 aliphatic carbocycles. The number of thiazole rings is 1. The SMILES string of the molecule is CCN(C(C)=O)c1nc(CN2CCCC(C)C2CN)cs1.Cl. The van der Waals surface area contributed by atoms with E-state index in [0.29, 0.717) is 25.0 Å². The summed E-state index contributed by atoms with van der Waals surface area (Å²) in [6.07, 6.45) is 2.48. The van der Waals surface area contributed by atoms with Crippen LogP contribution in [0.3, 0.4) is 0 Å². The predicted molar refractivity (Wildman–Crippen MR) is 94.7 cm³/mol. The quantitative estimate of drug-likeness (QED) is 0.889. The molecule has 1 fully saturated rings. The highest BCUT2D eigenvalue weighted by atomic mass is 35.5. The summed E-state index contributed by atoms with van der Waals surface area (Å²) in [6, 6.07) is 0.444. The van der Waals surface area contributed by atoms with E-state index in [2.05, 4.69) is 22.2 Å². The average molecular weight is 347 g/mol. The molecule has 1 aromatic heterocycles. The van der Waals surface area contributed by atoms with Crippen LogP contribution in [-0.2, 0) is 11.3 Å². The van der Waals surface area contributed by atoms with Gasteiger partial charge in [0.15, 0.2) is 5.13 Å². The van der Waals surface area contributed by atoms with Gasteiger partial charge in [-0.15, -0.1) is 23.7 Å². The Morgan fingerprint density at radius 2 is 2.32 bits per heavy atom.